The molecule has 0 aliphatic carbocycles. The number of hydrogen-bond donors (Lipinski definition) is 0. The summed E-state index contributed by atoms with van der Waals surface area (Å²) < 4.78 is 11.3. The first-order chi connectivity index (χ1) is 5.84. The summed E-state index contributed by atoms with van der Waals surface area (Å²) in [6.07, 6.45) is 8.91. The van der Waals surface area contributed by atoms with Crippen LogP contribution in [-0.4, -0.2) is 15.2 Å². The van der Waals surface area contributed by atoms with E-state index in [2.05, 4.69) is 6.92 Å². The molecule has 0 N–H and O–H groups in total. The van der Waals surface area contributed by atoms with Crippen molar-refractivity contribution in [2.45, 2.75) is 57.1 Å². The highest BCUT2D eigenvalue weighted by Gasteiger charge is 2.21. The van der Waals surface area contributed by atoms with Gasteiger partial charge in [0, 0.05) is 21.8 Å². The van der Waals surface area contributed by atoms with Gasteiger partial charge in [0.2, 0.25) is 0 Å². The summed E-state index contributed by atoms with van der Waals surface area (Å²) >= 11 is 0. The van der Waals surface area contributed by atoms with Gasteiger partial charge in [0.25, 0.3) is 0 Å². The lowest BCUT2D eigenvalue weighted by Gasteiger charge is -2.06. The molecular weight excluding hydrogens is 168 g/mol. The van der Waals surface area contributed by atoms with E-state index in [1.54, 1.807) is 0 Å². The molecule has 72 valence electrons. The Morgan fingerprint density at radius 2 is 2.17 bits per heavy atom. The Morgan fingerprint density at radius 3 is 2.75 bits per heavy atom. The minimum Gasteiger partial charge on any atom is -0.259 e. The molecule has 1 saturated heterocycles. The van der Waals surface area contributed by atoms with Crippen molar-refractivity contribution in [3.05, 3.63) is 0 Å². The van der Waals surface area contributed by atoms with Crippen LogP contribution in [0.1, 0.15) is 51.9 Å². The van der Waals surface area contributed by atoms with E-state index < -0.39 is 10.8 Å². The molecule has 0 aromatic heterocycles. The van der Waals surface area contributed by atoms with E-state index >= 15 is 0 Å². The summed E-state index contributed by atoms with van der Waals surface area (Å²) in [6, 6.07) is 0. The van der Waals surface area contributed by atoms with Crippen molar-refractivity contribution in [1.29, 1.82) is 0 Å². The molecule has 2 unspecified atom stereocenters. The van der Waals surface area contributed by atoms with E-state index in [0.29, 0.717) is 5.25 Å². The normalized spacial score (nSPS) is 29.4. The first-order valence-electron chi connectivity index (χ1n) is 5.21. The van der Waals surface area contributed by atoms with Gasteiger partial charge in [-0.25, -0.2) is 0 Å². The van der Waals surface area contributed by atoms with Crippen LogP contribution in [-0.2, 0) is 10.8 Å². The molecule has 1 rings (SSSR count). The van der Waals surface area contributed by atoms with Crippen molar-refractivity contribution >= 4 is 10.8 Å². The van der Waals surface area contributed by atoms with Gasteiger partial charge in [-0.15, -0.1) is 0 Å². The second-order valence-electron chi connectivity index (χ2n) is 3.70. The zero-order chi connectivity index (χ0) is 8.81. The second kappa shape index (κ2) is 5.74. The quantitative estimate of drug-likeness (QED) is 0.606. The molecule has 1 fully saturated rings. The highest BCUT2D eigenvalue weighted by Crippen LogP contribution is 2.21. The van der Waals surface area contributed by atoms with Crippen LogP contribution < -0.4 is 0 Å². The van der Waals surface area contributed by atoms with Crippen LogP contribution in [0, 0.1) is 0 Å². The lowest BCUT2D eigenvalue weighted by Crippen LogP contribution is -2.08. The molecule has 0 spiro atoms. The molecule has 0 bridgehead atoms. The Morgan fingerprint density at radius 1 is 1.33 bits per heavy atom. The van der Waals surface area contributed by atoms with Gasteiger partial charge in [0.05, 0.1) is 0 Å². The van der Waals surface area contributed by atoms with E-state index in [1.165, 1.54) is 44.9 Å². The van der Waals surface area contributed by atoms with E-state index in [-0.39, 0.29) is 0 Å². The molecule has 1 aliphatic rings. The van der Waals surface area contributed by atoms with Crippen LogP contribution >= 0.6 is 0 Å². The van der Waals surface area contributed by atoms with Crippen molar-refractivity contribution in [3.8, 4) is 0 Å². The maximum absolute atomic E-state index is 11.3. The van der Waals surface area contributed by atoms with E-state index in [0.717, 1.165) is 5.75 Å². The SMILES string of the molecule is CCCCCCC1CCCS1=O. The summed E-state index contributed by atoms with van der Waals surface area (Å²) in [6.45, 7) is 2.23. The maximum Gasteiger partial charge on any atom is 0.0348 e. The van der Waals surface area contributed by atoms with Crippen molar-refractivity contribution < 1.29 is 4.21 Å². The largest absolute Gasteiger partial charge is 0.259 e. The second-order valence-corrected chi connectivity index (χ2v) is 5.53. The van der Waals surface area contributed by atoms with Crippen LogP contribution in [0.4, 0.5) is 0 Å². The topological polar surface area (TPSA) is 17.1 Å². The fraction of sp³-hybridized carbons (Fsp3) is 1.00. The van der Waals surface area contributed by atoms with Crippen molar-refractivity contribution in [2.24, 2.45) is 0 Å². The Kier molecular flexibility index (Phi) is 4.89. The smallest absolute Gasteiger partial charge is 0.0348 e. The first kappa shape index (κ1) is 10.2. The standard InChI is InChI=1S/C10H20OS/c1-2-3-4-5-7-10-8-6-9-12(10)11/h10H,2-9H2,1H3. The molecule has 1 nitrogen and oxygen atoms in total. The van der Waals surface area contributed by atoms with Gasteiger partial charge in [0.1, 0.15) is 0 Å². The molecule has 2 atom stereocenters. The van der Waals surface area contributed by atoms with E-state index in [4.69, 9.17) is 0 Å². The fourth-order valence-electron chi connectivity index (χ4n) is 1.83. The van der Waals surface area contributed by atoms with Crippen LogP contribution in [0.25, 0.3) is 0 Å². The molecule has 2 heteroatoms. The molecule has 0 saturated carbocycles. The molecule has 1 heterocycles. The molecular formula is C10H20OS. The summed E-state index contributed by atoms with van der Waals surface area (Å²) in [5.41, 5.74) is 0. The molecule has 12 heavy (non-hydrogen) atoms. The third kappa shape index (κ3) is 3.26. The Labute approximate surface area is 78.4 Å². The predicted molar refractivity (Wildman–Crippen MR) is 54.8 cm³/mol. The summed E-state index contributed by atoms with van der Waals surface area (Å²) in [7, 11) is -0.466. The predicted octanol–water partition coefficient (Wildman–Crippen LogP) is 2.87. The fourth-order valence-corrected chi connectivity index (χ4v) is 3.47. The van der Waals surface area contributed by atoms with Gasteiger partial charge in [0.15, 0.2) is 0 Å². The van der Waals surface area contributed by atoms with Gasteiger partial charge >= 0.3 is 0 Å². The summed E-state index contributed by atoms with van der Waals surface area (Å²) in [5, 5.41) is 0.557. The van der Waals surface area contributed by atoms with E-state index in [1.807, 2.05) is 0 Å². The van der Waals surface area contributed by atoms with Gasteiger partial charge in [-0.05, 0) is 19.3 Å². The third-order valence-corrected chi connectivity index (χ3v) is 4.53. The molecule has 0 aromatic rings. The lowest BCUT2D eigenvalue weighted by atomic mass is 10.1. The average Bonchev–Trinajstić information content (AvgIpc) is 2.46. The molecule has 0 amide bonds. The van der Waals surface area contributed by atoms with Gasteiger partial charge in [-0.2, -0.15) is 0 Å². The van der Waals surface area contributed by atoms with Gasteiger partial charge < -0.3 is 0 Å². The first-order valence-corrected chi connectivity index (χ1v) is 6.60. The minimum absolute atomic E-state index is 0.466. The lowest BCUT2D eigenvalue weighted by molar-refractivity contribution is 0.597. The van der Waals surface area contributed by atoms with Crippen LogP contribution in [0.5, 0.6) is 0 Å². The summed E-state index contributed by atoms with van der Waals surface area (Å²) in [4.78, 5) is 0. The Balaban J connectivity index is 2.02. The van der Waals surface area contributed by atoms with E-state index in [9.17, 15) is 4.21 Å². The number of hydrogen-bond acceptors (Lipinski definition) is 1. The molecule has 0 radical (unpaired) electrons. The number of unbranched alkanes of at least 4 members (excludes halogenated alkanes) is 3. The minimum atomic E-state index is -0.466. The Bertz CT molecular complexity index is 145. The molecule has 1 aliphatic heterocycles. The number of rotatable bonds is 5. The Hall–Kier alpha value is 0.150. The average molecular weight is 188 g/mol. The van der Waals surface area contributed by atoms with Gasteiger partial charge in [-0.1, -0.05) is 32.6 Å². The van der Waals surface area contributed by atoms with Gasteiger partial charge in [-0.3, -0.25) is 4.21 Å². The van der Waals surface area contributed by atoms with Crippen molar-refractivity contribution in [1.82, 2.24) is 0 Å². The van der Waals surface area contributed by atoms with Crippen LogP contribution in [0.15, 0.2) is 0 Å². The zero-order valence-electron chi connectivity index (χ0n) is 8.05. The summed E-state index contributed by atoms with van der Waals surface area (Å²) in [5.74, 6) is 0.971. The van der Waals surface area contributed by atoms with Crippen LogP contribution in [0.2, 0.25) is 0 Å². The third-order valence-electron chi connectivity index (χ3n) is 2.62. The van der Waals surface area contributed by atoms with Crippen LogP contribution in [0.3, 0.4) is 0 Å². The highest BCUT2D eigenvalue weighted by molar-refractivity contribution is 7.85. The molecule has 0 aromatic carbocycles. The zero-order valence-corrected chi connectivity index (χ0v) is 8.87. The highest BCUT2D eigenvalue weighted by atomic mass is 32.2. The van der Waals surface area contributed by atoms with Crippen molar-refractivity contribution in [2.75, 3.05) is 5.75 Å². The van der Waals surface area contributed by atoms with Crippen molar-refractivity contribution in [3.63, 3.8) is 0 Å². The maximum atomic E-state index is 11.3. The monoisotopic (exact) mass is 188 g/mol.